The van der Waals surface area contributed by atoms with Gasteiger partial charge in [-0.25, -0.2) is 0 Å². The third-order valence-electron chi connectivity index (χ3n) is 3.06. The van der Waals surface area contributed by atoms with Gasteiger partial charge in [-0.2, -0.15) is 0 Å². The number of furan rings is 1. The highest BCUT2D eigenvalue weighted by Gasteiger charge is 2.24. The van der Waals surface area contributed by atoms with Gasteiger partial charge in [-0.15, -0.1) is 0 Å². The Morgan fingerprint density at radius 2 is 2.00 bits per heavy atom. The van der Waals surface area contributed by atoms with Crippen LogP contribution < -0.4 is 5.32 Å². The van der Waals surface area contributed by atoms with Gasteiger partial charge in [0.25, 0.3) is 0 Å². The lowest BCUT2D eigenvalue weighted by atomic mass is 9.92. The molecule has 1 aromatic rings. The van der Waals surface area contributed by atoms with Crippen molar-refractivity contribution in [3.63, 3.8) is 0 Å². The third-order valence-corrected chi connectivity index (χ3v) is 3.72. The van der Waals surface area contributed by atoms with E-state index < -0.39 is 0 Å². The van der Waals surface area contributed by atoms with Gasteiger partial charge in [0.05, 0.1) is 16.8 Å². The topological polar surface area (TPSA) is 25.2 Å². The van der Waals surface area contributed by atoms with E-state index in [2.05, 4.69) is 42.0 Å². The number of nitrogens with one attached hydrogen (secondary N) is 1. The van der Waals surface area contributed by atoms with Crippen molar-refractivity contribution in [2.24, 2.45) is 5.92 Å². The minimum absolute atomic E-state index is 0.333. The fourth-order valence-electron chi connectivity index (χ4n) is 2.06. The summed E-state index contributed by atoms with van der Waals surface area (Å²) >= 11 is 3.55. The molecule has 0 saturated carbocycles. The smallest absolute Gasteiger partial charge is 0.135 e. The fourth-order valence-corrected chi connectivity index (χ4v) is 2.51. The number of hydrogen-bond donors (Lipinski definition) is 1. The van der Waals surface area contributed by atoms with Gasteiger partial charge in [0.15, 0.2) is 0 Å². The molecular formula is C13H22BrNO. The van der Waals surface area contributed by atoms with Crippen molar-refractivity contribution in [2.75, 3.05) is 6.54 Å². The van der Waals surface area contributed by atoms with Gasteiger partial charge < -0.3 is 9.73 Å². The maximum Gasteiger partial charge on any atom is 0.135 e. The van der Waals surface area contributed by atoms with Crippen LogP contribution in [0.5, 0.6) is 0 Å². The summed E-state index contributed by atoms with van der Waals surface area (Å²) in [6.45, 7) is 7.71. The molecule has 0 fully saturated rings. The largest absolute Gasteiger partial charge is 0.466 e. The van der Waals surface area contributed by atoms with Crippen LogP contribution in [0.4, 0.5) is 0 Å². The van der Waals surface area contributed by atoms with Gasteiger partial charge in [-0.3, -0.25) is 0 Å². The SMILES string of the molecule is CCCNC(c1occc1Br)C(CC)CC. The Balaban J connectivity index is 2.82. The number of halogens is 1. The standard InChI is InChI=1S/C13H22BrNO/c1-4-8-15-12(10(5-2)6-3)13-11(14)7-9-16-13/h7,9-10,12,15H,4-6,8H2,1-3H3. The Bertz CT molecular complexity index is 294. The van der Waals surface area contributed by atoms with Gasteiger partial charge in [0, 0.05) is 0 Å². The number of hydrogen-bond acceptors (Lipinski definition) is 2. The van der Waals surface area contributed by atoms with E-state index in [-0.39, 0.29) is 0 Å². The van der Waals surface area contributed by atoms with E-state index in [0.717, 1.165) is 23.2 Å². The molecule has 1 N–H and O–H groups in total. The van der Waals surface area contributed by atoms with Crippen molar-refractivity contribution in [1.82, 2.24) is 5.32 Å². The normalized spacial score (nSPS) is 13.3. The minimum atomic E-state index is 0.333. The first-order valence-corrected chi connectivity index (χ1v) is 7.00. The van der Waals surface area contributed by atoms with Crippen LogP contribution in [-0.4, -0.2) is 6.54 Å². The molecule has 2 nitrogen and oxygen atoms in total. The van der Waals surface area contributed by atoms with Gasteiger partial charge in [-0.1, -0.05) is 33.6 Å². The lowest BCUT2D eigenvalue weighted by Gasteiger charge is -2.25. The molecule has 0 aromatic carbocycles. The molecule has 1 atom stereocenters. The zero-order valence-corrected chi connectivity index (χ0v) is 12.0. The summed E-state index contributed by atoms with van der Waals surface area (Å²) in [7, 11) is 0. The molecule has 0 aliphatic heterocycles. The van der Waals surface area contributed by atoms with E-state index in [9.17, 15) is 0 Å². The fraction of sp³-hybridized carbons (Fsp3) is 0.692. The quantitative estimate of drug-likeness (QED) is 0.798. The van der Waals surface area contributed by atoms with Gasteiger partial charge in [0.1, 0.15) is 5.76 Å². The van der Waals surface area contributed by atoms with E-state index in [1.807, 2.05) is 6.07 Å². The zero-order valence-electron chi connectivity index (χ0n) is 10.4. The summed E-state index contributed by atoms with van der Waals surface area (Å²) in [4.78, 5) is 0. The average molecular weight is 288 g/mol. The Labute approximate surface area is 107 Å². The Hall–Kier alpha value is -0.280. The van der Waals surface area contributed by atoms with E-state index in [1.54, 1.807) is 6.26 Å². The van der Waals surface area contributed by atoms with Gasteiger partial charge in [0.2, 0.25) is 0 Å². The molecule has 1 aromatic heterocycles. The average Bonchev–Trinajstić information content (AvgIpc) is 2.71. The van der Waals surface area contributed by atoms with Crippen LogP contribution in [0.1, 0.15) is 51.8 Å². The first-order chi connectivity index (χ1) is 7.74. The van der Waals surface area contributed by atoms with E-state index in [1.165, 1.54) is 12.8 Å². The van der Waals surface area contributed by atoms with Crippen LogP contribution in [-0.2, 0) is 0 Å². The molecule has 0 saturated heterocycles. The molecule has 0 radical (unpaired) electrons. The number of rotatable bonds is 7. The minimum Gasteiger partial charge on any atom is -0.466 e. The predicted molar refractivity (Wildman–Crippen MR) is 71.5 cm³/mol. The maximum atomic E-state index is 5.60. The maximum absolute atomic E-state index is 5.60. The molecule has 0 bridgehead atoms. The molecule has 1 rings (SSSR count). The second-order valence-electron chi connectivity index (χ2n) is 4.14. The highest BCUT2D eigenvalue weighted by molar-refractivity contribution is 9.10. The van der Waals surface area contributed by atoms with Crippen LogP contribution in [0, 0.1) is 5.92 Å². The predicted octanol–water partition coefficient (Wildman–Crippen LogP) is 4.52. The summed E-state index contributed by atoms with van der Waals surface area (Å²) < 4.78 is 6.68. The van der Waals surface area contributed by atoms with Gasteiger partial charge in [-0.05, 0) is 40.9 Å². The van der Waals surface area contributed by atoms with Gasteiger partial charge >= 0.3 is 0 Å². The Kier molecular flexibility index (Phi) is 6.14. The van der Waals surface area contributed by atoms with Crippen LogP contribution in [0.25, 0.3) is 0 Å². The van der Waals surface area contributed by atoms with Crippen LogP contribution >= 0.6 is 15.9 Å². The van der Waals surface area contributed by atoms with Crippen molar-refractivity contribution in [2.45, 2.75) is 46.1 Å². The van der Waals surface area contributed by atoms with Crippen molar-refractivity contribution >= 4 is 15.9 Å². The van der Waals surface area contributed by atoms with E-state index in [4.69, 9.17) is 4.42 Å². The summed E-state index contributed by atoms with van der Waals surface area (Å²) in [6.07, 6.45) is 5.24. The molecule has 16 heavy (non-hydrogen) atoms. The van der Waals surface area contributed by atoms with Crippen molar-refractivity contribution in [3.8, 4) is 0 Å². The molecular weight excluding hydrogens is 266 g/mol. The summed E-state index contributed by atoms with van der Waals surface area (Å²) in [5.41, 5.74) is 0. The molecule has 92 valence electrons. The highest BCUT2D eigenvalue weighted by atomic mass is 79.9. The third kappa shape index (κ3) is 3.36. The first-order valence-electron chi connectivity index (χ1n) is 6.20. The van der Waals surface area contributed by atoms with Crippen LogP contribution in [0.3, 0.4) is 0 Å². The lowest BCUT2D eigenvalue weighted by Crippen LogP contribution is -2.28. The van der Waals surface area contributed by atoms with Crippen LogP contribution in [0.2, 0.25) is 0 Å². The second kappa shape index (κ2) is 7.13. The second-order valence-corrected chi connectivity index (χ2v) is 5.00. The molecule has 0 aliphatic carbocycles. The van der Waals surface area contributed by atoms with E-state index >= 15 is 0 Å². The lowest BCUT2D eigenvalue weighted by molar-refractivity contribution is 0.293. The first kappa shape index (κ1) is 13.8. The molecule has 0 spiro atoms. The van der Waals surface area contributed by atoms with Crippen molar-refractivity contribution in [1.29, 1.82) is 0 Å². The molecule has 1 unspecified atom stereocenters. The molecule has 1 heterocycles. The molecule has 0 aliphatic rings. The summed E-state index contributed by atoms with van der Waals surface area (Å²) in [5, 5.41) is 3.59. The highest BCUT2D eigenvalue weighted by Crippen LogP contribution is 2.32. The van der Waals surface area contributed by atoms with E-state index in [0.29, 0.717) is 12.0 Å². The molecule has 0 amide bonds. The monoisotopic (exact) mass is 287 g/mol. The Morgan fingerprint density at radius 3 is 2.44 bits per heavy atom. The van der Waals surface area contributed by atoms with Crippen molar-refractivity contribution < 1.29 is 4.42 Å². The summed E-state index contributed by atoms with van der Waals surface area (Å²) in [6, 6.07) is 2.30. The van der Waals surface area contributed by atoms with Crippen LogP contribution in [0.15, 0.2) is 21.2 Å². The summed E-state index contributed by atoms with van der Waals surface area (Å²) in [5.74, 6) is 1.68. The molecule has 3 heteroatoms. The Morgan fingerprint density at radius 1 is 1.31 bits per heavy atom. The van der Waals surface area contributed by atoms with Crippen molar-refractivity contribution in [3.05, 3.63) is 22.6 Å². The zero-order chi connectivity index (χ0) is 12.0.